The zero-order chi connectivity index (χ0) is 27.3. The van der Waals surface area contributed by atoms with Gasteiger partial charge < -0.3 is 15.4 Å². The molecule has 2 aromatic carbocycles. The third-order valence-electron chi connectivity index (χ3n) is 6.59. The van der Waals surface area contributed by atoms with Crippen LogP contribution in [-0.4, -0.2) is 35.4 Å². The van der Waals surface area contributed by atoms with Crippen LogP contribution in [0, 0.1) is 0 Å². The lowest BCUT2D eigenvalue weighted by Gasteiger charge is -2.30. The number of Topliss-reactive ketones (excluding diaryl/α,β-unsaturated/α-hetero) is 1. The molecule has 0 bridgehead atoms. The van der Waals surface area contributed by atoms with Gasteiger partial charge in [0.2, 0.25) is 5.91 Å². The van der Waals surface area contributed by atoms with E-state index in [9.17, 15) is 22.8 Å². The minimum atomic E-state index is -4.56. The summed E-state index contributed by atoms with van der Waals surface area (Å²) in [5.41, 5.74) is 0.247. The number of benzene rings is 2. The number of carbonyl (C=O) groups excluding carboxylic acids is 2. The number of nitrogens with one attached hydrogen (secondary N) is 2. The smallest absolute Gasteiger partial charge is 0.433 e. The number of rotatable bonds is 9. The Balaban J connectivity index is 1.24. The van der Waals surface area contributed by atoms with Gasteiger partial charge in [0.25, 0.3) is 0 Å². The molecule has 1 saturated carbocycles. The van der Waals surface area contributed by atoms with Gasteiger partial charge in [0.05, 0.1) is 12.1 Å². The molecular formula is C28H29ClF3N3O3. The molecule has 3 aromatic rings. The number of nitrogens with zero attached hydrogens (tertiary/aromatic N) is 1. The van der Waals surface area contributed by atoms with E-state index in [4.69, 9.17) is 16.3 Å². The number of carbonyl (C=O) groups is 2. The van der Waals surface area contributed by atoms with Crippen LogP contribution >= 0.6 is 11.6 Å². The molecule has 0 radical (unpaired) electrons. The topological polar surface area (TPSA) is 80.3 Å². The minimum Gasteiger partial charge on any atom is -0.494 e. The van der Waals surface area contributed by atoms with E-state index < -0.39 is 11.9 Å². The quantitative estimate of drug-likeness (QED) is 0.227. The Bertz CT molecular complexity index is 1290. The second-order valence-electron chi connectivity index (χ2n) is 9.51. The Morgan fingerprint density at radius 1 is 1.03 bits per heavy atom. The van der Waals surface area contributed by atoms with Crippen molar-refractivity contribution in [3.63, 3.8) is 0 Å². The molecule has 0 atom stereocenters. The molecule has 1 aliphatic carbocycles. The van der Waals surface area contributed by atoms with Gasteiger partial charge in [-0.2, -0.15) is 13.2 Å². The fourth-order valence-corrected chi connectivity index (χ4v) is 4.75. The lowest BCUT2D eigenvalue weighted by molar-refractivity contribution is -0.140. The highest BCUT2D eigenvalue weighted by Gasteiger charge is 2.34. The number of alkyl halides is 3. The molecule has 202 valence electrons. The lowest BCUT2D eigenvalue weighted by Crippen LogP contribution is -2.40. The van der Waals surface area contributed by atoms with E-state index in [0.29, 0.717) is 59.7 Å². The van der Waals surface area contributed by atoms with Crippen molar-refractivity contribution in [3.05, 3.63) is 64.8 Å². The molecule has 1 aromatic heterocycles. The van der Waals surface area contributed by atoms with E-state index in [-0.39, 0.29) is 29.3 Å². The number of hydrogen-bond donors (Lipinski definition) is 2. The van der Waals surface area contributed by atoms with Crippen LogP contribution in [0.2, 0.25) is 5.02 Å². The average molecular weight is 548 g/mol. The van der Waals surface area contributed by atoms with Gasteiger partial charge >= 0.3 is 6.18 Å². The van der Waals surface area contributed by atoms with E-state index in [1.807, 2.05) is 0 Å². The molecule has 2 N–H and O–H groups in total. The second kappa shape index (κ2) is 12.0. The molecule has 38 heavy (non-hydrogen) atoms. The summed E-state index contributed by atoms with van der Waals surface area (Å²) >= 11 is 6.09. The summed E-state index contributed by atoms with van der Waals surface area (Å²) in [6.07, 6.45) is -0.829. The van der Waals surface area contributed by atoms with Crippen molar-refractivity contribution in [2.45, 2.75) is 63.7 Å². The summed E-state index contributed by atoms with van der Waals surface area (Å²) in [6.45, 7) is 1.89. The van der Waals surface area contributed by atoms with Gasteiger partial charge in [0.1, 0.15) is 11.4 Å². The van der Waals surface area contributed by atoms with Crippen LogP contribution in [0.5, 0.6) is 5.75 Å². The van der Waals surface area contributed by atoms with E-state index in [0.717, 1.165) is 18.9 Å². The number of ketones is 1. The number of ether oxygens (including phenoxy) is 1. The SMILES string of the molecule is CC(=O)c1ccc(OCCCC(=O)NC2CCC(Nc3cc(C(F)(F)F)nc4ccc(Cl)cc34)CC2)cc1. The van der Waals surface area contributed by atoms with E-state index in [2.05, 4.69) is 15.6 Å². The number of anilines is 1. The third-order valence-corrected chi connectivity index (χ3v) is 6.83. The summed E-state index contributed by atoms with van der Waals surface area (Å²) in [7, 11) is 0. The molecule has 4 rings (SSSR count). The second-order valence-corrected chi connectivity index (χ2v) is 9.94. The maximum absolute atomic E-state index is 13.4. The summed E-state index contributed by atoms with van der Waals surface area (Å²) in [5, 5.41) is 7.27. The van der Waals surface area contributed by atoms with Crippen molar-refractivity contribution in [2.24, 2.45) is 0 Å². The first kappa shape index (κ1) is 27.7. The third kappa shape index (κ3) is 7.37. The van der Waals surface area contributed by atoms with Gasteiger partial charge in [0.15, 0.2) is 5.78 Å². The summed E-state index contributed by atoms with van der Waals surface area (Å²) in [6, 6.07) is 12.5. The van der Waals surface area contributed by atoms with Gasteiger partial charge in [-0.25, -0.2) is 4.98 Å². The molecule has 0 aliphatic heterocycles. The Morgan fingerprint density at radius 2 is 1.71 bits per heavy atom. The van der Waals surface area contributed by atoms with Crippen molar-refractivity contribution in [1.29, 1.82) is 0 Å². The van der Waals surface area contributed by atoms with Gasteiger partial charge in [-0.15, -0.1) is 0 Å². The standard InChI is InChI=1S/C28H29ClF3N3O3/c1-17(36)18-4-11-22(12-5-18)38-14-2-3-27(37)34-21-9-7-20(8-10-21)33-25-16-26(28(30,31)32)35-24-13-6-19(29)15-23(24)25/h4-6,11-13,15-16,20-21H,2-3,7-10,14H2,1H3,(H,33,35)(H,34,37). The van der Waals surface area contributed by atoms with Crippen LogP contribution < -0.4 is 15.4 Å². The Labute approximate surface area is 223 Å². The minimum absolute atomic E-state index is 0.00981. The number of amides is 1. The number of halogens is 4. The summed E-state index contributed by atoms with van der Waals surface area (Å²) < 4.78 is 45.8. The van der Waals surface area contributed by atoms with Crippen LogP contribution in [0.3, 0.4) is 0 Å². The van der Waals surface area contributed by atoms with Gasteiger partial charge in [-0.1, -0.05) is 11.6 Å². The molecule has 0 saturated heterocycles. The van der Waals surface area contributed by atoms with Gasteiger partial charge in [0, 0.05) is 40.2 Å². The molecule has 0 spiro atoms. The monoisotopic (exact) mass is 547 g/mol. The number of hydrogen-bond acceptors (Lipinski definition) is 5. The fourth-order valence-electron chi connectivity index (χ4n) is 4.57. The summed E-state index contributed by atoms with van der Waals surface area (Å²) in [5.74, 6) is 0.582. The zero-order valence-electron chi connectivity index (χ0n) is 20.9. The molecule has 0 unspecified atom stereocenters. The van der Waals surface area contributed by atoms with Crippen LogP contribution in [0.15, 0.2) is 48.5 Å². The predicted octanol–water partition coefficient (Wildman–Crippen LogP) is 6.81. The predicted molar refractivity (Wildman–Crippen MR) is 141 cm³/mol. The largest absolute Gasteiger partial charge is 0.494 e. The molecule has 10 heteroatoms. The normalized spacial score (nSPS) is 17.7. The Kier molecular flexibility index (Phi) is 8.76. The lowest BCUT2D eigenvalue weighted by atomic mass is 9.90. The van der Waals surface area contributed by atoms with E-state index >= 15 is 0 Å². The molecule has 1 amide bonds. The van der Waals surface area contributed by atoms with E-state index in [1.165, 1.54) is 19.1 Å². The number of fused-ring (bicyclic) bond motifs is 1. The van der Waals surface area contributed by atoms with Crippen molar-refractivity contribution in [1.82, 2.24) is 10.3 Å². The summed E-state index contributed by atoms with van der Waals surface area (Å²) in [4.78, 5) is 27.5. The van der Waals surface area contributed by atoms with Crippen molar-refractivity contribution < 1.29 is 27.5 Å². The molecule has 1 fully saturated rings. The zero-order valence-corrected chi connectivity index (χ0v) is 21.7. The van der Waals surface area contributed by atoms with E-state index in [1.54, 1.807) is 30.3 Å². The van der Waals surface area contributed by atoms with Crippen LogP contribution in [0.25, 0.3) is 10.9 Å². The molecule has 1 heterocycles. The first-order chi connectivity index (χ1) is 18.1. The van der Waals surface area contributed by atoms with Gasteiger partial charge in [-0.3, -0.25) is 9.59 Å². The highest BCUT2D eigenvalue weighted by molar-refractivity contribution is 6.31. The molecule has 1 aliphatic rings. The van der Waals surface area contributed by atoms with Crippen LogP contribution in [0.4, 0.5) is 18.9 Å². The number of pyridine rings is 1. The van der Waals surface area contributed by atoms with Crippen LogP contribution in [0.1, 0.15) is 61.5 Å². The Morgan fingerprint density at radius 3 is 2.37 bits per heavy atom. The average Bonchev–Trinajstić information content (AvgIpc) is 2.87. The van der Waals surface area contributed by atoms with Gasteiger partial charge in [-0.05, 0) is 87.6 Å². The number of aromatic nitrogens is 1. The van der Waals surface area contributed by atoms with Crippen molar-refractivity contribution in [2.75, 3.05) is 11.9 Å². The first-order valence-electron chi connectivity index (χ1n) is 12.6. The Hall–Kier alpha value is -3.33. The highest BCUT2D eigenvalue weighted by Crippen LogP contribution is 2.35. The maximum Gasteiger partial charge on any atom is 0.433 e. The van der Waals surface area contributed by atoms with Crippen molar-refractivity contribution >= 4 is 39.9 Å². The molecular weight excluding hydrogens is 519 g/mol. The maximum atomic E-state index is 13.4. The molecule has 6 nitrogen and oxygen atoms in total. The van der Waals surface area contributed by atoms with Crippen molar-refractivity contribution in [3.8, 4) is 5.75 Å². The van der Waals surface area contributed by atoms with Crippen LogP contribution in [-0.2, 0) is 11.0 Å². The first-order valence-corrected chi connectivity index (χ1v) is 12.9. The fraction of sp³-hybridized carbons (Fsp3) is 0.393. The highest BCUT2D eigenvalue weighted by atomic mass is 35.5.